The zero-order valence-corrected chi connectivity index (χ0v) is 7.93. The number of aromatic hydroxyl groups is 1. The van der Waals surface area contributed by atoms with E-state index in [0.717, 1.165) is 6.42 Å². The SMILES string of the molecule is Cc1ccc(O)c2c1CC1(CC1)C2. The van der Waals surface area contributed by atoms with Crippen LogP contribution in [0.5, 0.6) is 5.75 Å². The normalized spacial score (nSPS) is 21.9. The number of phenolic OH excluding ortho intramolecular Hbond substituents is 1. The second-order valence-corrected chi connectivity index (χ2v) is 4.71. The molecule has 1 heteroatoms. The summed E-state index contributed by atoms with van der Waals surface area (Å²) in [5.74, 6) is 0.518. The molecule has 1 aromatic rings. The van der Waals surface area contributed by atoms with Crippen LogP contribution in [-0.4, -0.2) is 5.11 Å². The second-order valence-electron chi connectivity index (χ2n) is 4.71. The summed E-state index contributed by atoms with van der Waals surface area (Å²) in [7, 11) is 0. The largest absolute Gasteiger partial charge is 0.508 e. The molecule has 68 valence electrons. The molecule has 2 aliphatic rings. The lowest BCUT2D eigenvalue weighted by Crippen LogP contribution is -1.97. The molecule has 13 heavy (non-hydrogen) atoms. The van der Waals surface area contributed by atoms with Crippen molar-refractivity contribution in [2.24, 2.45) is 5.41 Å². The Bertz CT molecular complexity index is 342. The van der Waals surface area contributed by atoms with Crippen molar-refractivity contribution in [2.45, 2.75) is 32.6 Å². The van der Waals surface area contributed by atoms with Crippen LogP contribution >= 0.6 is 0 Å². The summed E-state index contributed by atoms with van der Waals surface area (Å²) in [6.45, 7) is 2.15. The summed E-state index contributed by atoms with van der Waals surface area (Å²) < 4.78 is 0. The fraction of sp³-hybridized carbons (Fsp3) is 0.500. The molecule has 3 rings (SSSR count). The molecule has 0 radical (unpaired) electrons. The van der Waals surface area contributed by atoms with E-state index in [1.165, 1.54) is 36.0 Å². The summed E-state index contributed by atoms with van der Waals surface area (Å²) in [5.41, 5.74) is 4.60. The van der Waals surface area contributed by atoms with Crippen LogP contribution in [0.4, 0.5) is 0 Å². The number of rotatable bonds is 0. The van der Waals surface area contributed by atoms with E-state index in [9.17, 15) is 5.11 Å². The number of benzene rings is 1. The minimum Gasteiger partial charge on any atom is -0.508 e. The third-order valence-electron chi connectivity index (χ3n) is 3.70. The molecule has 0 aromatic heterocycles. The standard InChI is InChI=1S/C12H14O/c1-8-2-3-11(13)10-7-12(4-5-12)6-9(8)10/h2-3,13H,4-7H2,1H3. The highest BCUT2D eigenvalue weighted by Gasteiger charge is 2.48. The van der Waals surface area contributed by atoms with E-state index in [4.69, 9.17) is 0 Å². The van der Waals surface area contributed by atoms with Crippen molar-refractivity contribution in [2.75, 3.05) is 0 Å². The molecule has 1 saturated carbocycles. The van der Waals surface area contributed by atoms with Crippen LogP contribution in [0.15, 0.2) is 12.1 Å². The second kappa shape index (κ2) is 2.09. The number of phenols is 1. The predicted molar refractivity (Wildman–Crippen MR) is 51.9 cm³/mol. The molecule has 2 aliphatic carbocycles. The van der Waals surface area contributed by atoms with Gasteiger partial charge in [0.1, 0.15) is 5.75 Å². The highest BCUT2D eigenvalue weighted by molar-refractivity contribution is 5.49. The number of aryl methyl sites for hydroxylation is 1. The van der Waals surface area contributed by atoms with Crippen LogP contribution < -0.4 is 0 Å². The van der Waals surface area contributed by atoms with Gasteiger partial charge in [-0.2, -0.15) is 0 Å². The van der Waals surface area contributed by atoms with Gasteiger partial charge in [-0.3, -0.25) is 0 Å². The smallest absolute Gasteiger partial charge is 0.119 e. The van der Waals surface area contributed by atoms with Crippen molar-refractivity contribution in [3.05, 3.63) is 28.8 Å². The maximum Gasteiger partial charge on any atom is 0.119 e. The molecule has 1 aromatic carbocycles. The zero-order valence-electron chi connectivity index (χ0n) is 7.93. The van der Waals surface area contributed by atoms with E-state index in [0.29, 0.717) is 11.2 Å². The first-order valence-corrected chi connectivity index (χ1v) is 5.01. The van der Waals surface area contributed by atoms with Crippen molar-refractivity contribution < 1.29 is 5.11 Å². The fourth-order valence-corrected chi connectivity index (χ4v) is 2.58. The monoisotopic (exact) mass is 174 g/mol. The fourth-order valence-electron chi connectivity index (χ4n) is 2.58. The Morgan fingerprint density at radius 3 is 2.46 bits per heavy atom. The third-order valence-corrected chi connectivity index (χ3v) is 3.70. The molecule has 0 atom stereocenters. The number of hydrogen-bond acceptors (Lipinski definition) is 1. The van der Waals surface area contributed by atoms with Gasteiger partial charge in [0.25, 0.3) is 0 Å². The highest BCUT2D eigenvalue weighted by atomic mass is 16.3. The quantitative estimate of drug-likeness (QED) is 0.641. The first-order chi connectivity index (χ1) is 6.20. The molecular formula is C12H14O. The van der Waals surface area contributed by atoms with Crippen molar-refractivity contribution >= 4 is 0 Å². The number of hydrogen-bond donors (Lipinski definition) is 1. The molecule has 1 fully saturated rings. The van der Waals surface area contributed by atoms with Crippen molar-refractivity contribution in [3.63, 3.8) is 0 Å². The van der Waals surface area contributed by atoms with Gasteiger partial charge in [0.15, 0.2) is 0 Å². The lowest BCUT2D eigenvalue weighted by Gasteiger charge is -2.04. The van der Waals surface area contributed by atoms with E-state index < -0.39 is 0 Å². The zero-order chi connectivity index (χ0) is 9.05. The Balaban J connectivity index is 2.16. The lowest BCUT2D eigenvalue weighted by molar-refractivity contribution is 0.463. The summed E-state index contributed by atoms with van der Waals surface area (Å²) >= 11 is 0. The van der Waals surface area contributed by atoms with E-state index in [2.05, 4.69) is 6.92 Å². The first kappa shape index (κ1) is 7.43. The minimum atomic E-state index is 0.518. The minimum absolute atomic E-state index is 0.518. The molecule has 0 heterocycles. The van der Waals surface area contributed by atoms with Gasteiger partial charge in [0.05, 0.1) is 0 Å². The first-order valence-electron chi connectivity index (χ1n) is 5.01. The summed E-state index contributed by atoms with van der Waals surface area (Å²) in [4.78, 5) is 0. The van der Waals surface area contributed by atoms with Gasteiger partial charge in [0.2, 0.25) is 0 Å². The van der Waals surface area contributed by atoms with Crippen LogP contribution in [0.3, 0.4) is 0 Å². The maximum absolute atomic E-state index is 9.72. The van der Waals surface area contributed by atoms with E-state index in [1.807, 2.05) is 12.1 Å². The van der Waals surface area contributed by atoms with Crippen molar-refractivity contribution in [3.8, 4) is 5.75 Å². The molecule has 1 N–H and O–H groups in total. The van der Waals surface area contributed by atoms with Gasteiger partial charge in [-0.05, 0) is 60.8 Å². The summed E-state index contributed by atoms with van der Waals surface area (Å²) in [6, 6.07) is 3.88. The number of fused-ring (bicyclic) bond motifs is 1. The van der Waals surface area contributed by atoms with E-state index in [-0.39, 0.29) is 0 Å². The van der Waals surface area contributed by atoms with Gasteiger partial charge in [-0.1, -0.05) is 6.07 Å². The van der Waals surface area contributed by atoms with Crippen LogP contribution in [0.25, 0.3) is 0 Å². The van der Waals surface area contributed by atoms with Crippen LogP contribution in [0.1, 0.15) is 29.5 Å². The molecule has 0 bridgehead atoms. The van der Waals surface area contributed by atoms with Gasteiger partial charge in [0, 0.05) is 0 Å². The van der Waals surface area contributed by atoms with E-state index in [1.54, 1.807) is 0 Å². The van der Waals surface area contributed by atoms with E-state index >= 15 is 0 Å². The van der Waals surface area contributed by atoms with Crippen LogP contribution in [0.2, 0.25) is 0 Å². The Kier molecular flexibility index (Phi) is 1.19. The molecule has 0 unspecified atom stereocenters. The Hall–Kier alpha value is -0.980. The summed E-state index contributed by atoms with van der Waals surface area (Å²) in [6.07, 6.45) is 5.06. The average molecular weight is 174 g/mol. The van der Waals surface area contributed by atoms with Crippen molar-refractivity contribution in [1.82, 2.24) is 0 Å². The predicted octanol–water partition coefficient (Wildman–Crippen LogP) is 2.58. The van der Waals surface area contributed by atoms with Gasteiger partial charge in [-0.15, -0.1) is 0 Å². The molecule has 0 amide bonds. The molecule has 0 saturated heterocycles. The van der Waals surface area contributed by atoms with Crippen LogP contribution in [0, 0.1) is 12.3 Å². The van der Waals surface area contributed by atoms with Gasteiger partial charge < -0.3 is 5.11 Å². The Morgan fingerprint density at radius 2 is 1.85 bits per heavy atom. The third kappa shape index (κ3) is 0.932. The molecule has 1 nitrogen and oxygen atoms in total. The Labute approximate surface area is 78.4 Å². The van der Waals surface area contributed by atoms with Gasteiger partial charge >= 0.3 is 0 Å². The van der Waals surface area contributed by atoms with Crippen LogP contribution in [-0.2, 0) is 12.8 Å². The lowest BCUT2D eigenvalue weighted by atomic mass is 10.0. The molecule has 1 spiro atoms. The topological polar surface area (TPSA) is 20.2 Å². The Morgan fingerprint density at radius 1 is 1.15 bits per heavy atom. The molecule has 0 aliphatic heterocycles. The summed E-state index contributed by atoms with van der Waals surface area (Å²) in [5, 5.41) is 9.72. The maximum atomic E-state index is 9.72. The average Bonchev–Trinajstić information content (AvgIpc) is 2.70. The highest BCUT2D eigenvalue weighted by Crippen LogP contribution is 2.57. The molecular weight excluding hydrogens is 160 g/mol. The van der Waals surface area contributed by atoms with Gasteiger partial charge in [-0.25, -0.2) is 0 Å². The van der Waals surface area contributed by atoms with Crippen molar-refractivity contribution in [1.29, 1.82) is 0 Å².